The van der Waals surface area contributed by atoms with E-state index in [1.165, 1.54) is 42.5 Å². The first kappa shape index (κ1) is 21.1. The maximum Gasteiger partial charge on any atom is 0.339 e. The van der Waals surface area contributed by atoms with Crippen molar-refractivity contribution < 1.29 is 22.3 Å². The maximum atomic E-state index is 12.6. The van der Waals surface area contributed by atoms with Gasteiger partial charge in [-0.1, -0.05) is 12.1 Å². The summed E-state index contributed by atoms with van der Waals surface area (Å²) in [5.74, 6) is -0.396. The van der Waals surface area contributed by atoms with Gasteiger partial charge in [-0.2, -0.15) is 8.42 Å². The molecule has 0 saturated carbocycles. The molecule has 1 N–H and O–H groups in total. The van der Waals surface area contributed by atoms with Gasteiger partial charge in [0.2, 0.25) is 0 Å². The van der Waals surface area contributed by atoms with Gasteiger partial charge in [0.1, 0.15) is 10.6 Å². The Morgan fingerprint density at radius 3 is 2.47 bits per heavy atom. The first-order chi connectivity index (χ1) is 15.2. The number of carbonyl (C=O) groups is 1. The predicted octanol–water partition coefficient (Wildman–Crippen LogP) is 4.11. The van der Waals surface area contributed by atoms with Crippen LogP contribution in [0.4, 0.5) is 11.4 Å². The van der Waals surface area contributed by atoms with Crippen LogP contribution in [0.2, 0.25) is 0 Å². The van der Waals surface area contributed by atoms with Crippen LogP contribution in [0.3, 0.4) is 0 Å². The monoisotopic (exact) mass is 451 g/mol. The van der Waals surface area contributed by atoms with Crippen LogP contribution in [0.25, 0.3) is 10.9 Å². The molecule has 0 bridgehead atoms. The molecular formula is C22H17N3O6S. The minimum Gasteiger partial charge on any atom is -0.379 e. The number of aryl methyl sites for hydroxylation is 1. The van der Waals surface area contributed by atoms with Gasteiger partial charge < -0.3 is 14.1 Å². The summed E-state index contributed by atoms with van der Waals surface area (Å²) in [6.07, 6.45) is 1.90. The molecule has 0 fully saturated rings. The summed E-state index contributed by atoms with van der Waals surface area (Å²) in [4.78, 5) is 22.5. The lowest BCUT2D eigenvalue weighted by Crippen LogP contribution is -2.13. The molecule has 1 aromatic heterocycles. The third kappa shape index (κ3) is 4.16. The second-order valence-corrected chi connectivity index (χ2v) is 8.48. The van der Waals surface area contributed by atoms with E-state index in [-0.39, 0.29) is 22.2 Å². The van der Waals surface area contributed by atoms with E-state index in [0.29, 0.717) is 11.3 Å². The number of nitro groups is 1. The number of nitrogens with zero attached hydrogens (tertiary/aromatic N) is 2. The molecule has 162 valence electrons. The topological polar surface area (TPSA) is 121 Å². The van der Waals surface area contributed by atoms with Crippen molar-refractivity contribution in [2.24, 2.45) is 7.05 Å². The number of hydrogen-bond donors (Lipinski definition) is 1. The van der Waals surface area contributed by atoms with Crippen molar-refractivity contribution in [1.29, 1.82) is 0 Å². The second-order valence-electron chi connectivity index (χ2n) is 6.94. The standard InChI is InChI=1S/C22H17N3O6S/c1-24-13-12-19-20(6-3-7-21(19)24)23-22(26)15-8-10-17(11-9-15)31-32(29,30)18-5-2-4-16(14-18)25(27)28/h2-14H,1H3,(H,23,26). The summed E-state index contributed by atoms with van der Waals surface area (Å²) < 4.78 is 31.9. The molecule has 0 aliphatic rings. The van der Waals surface area contributed by atoms with E-state index in [4.69, 9.17) is 4.18 Å². The fourth-order valence-corrected chi connectivity index (χ4v) is 4.17. The highest BCUT2D eigenvalue weighted by Gasteiger charge is 2.20. The Kier molecular flexibility index (Phi) is 5.37. The van der Waals surface area contributed by atoms with Gasteiger partial charge in [0.15, 0.2) is 0 Å². The predicted molar refractivity (Wildman–Crippen MR) is 118 cm³/mol. The summed E-state index contributed by atoms with van der Waals surface area (Å²) in [6.45, 7) is 0. The molecule has 0 saturated heterocycles. The molecule has 1 amide bonds. The van der Waals surface area contributed by atoms with Gasteiger partial charge in [0.05, 0.1) is 10.6 Å². The summed E-state index contributed by atoms with van der Waals surface area (Å²) in [6, 6.07) is 17.6. The fourth-order valence-electron chi connectivity index (χ4n) is 3.20. The van der Waals surface area contributed by atoms with Gasteiger partial charge in [0, 0.05) is 41.8 Å². The van der Waals surface area contributed by atoms with E-state index >= 15 is 0 Å². The Morgan fingerprint density at radius 1 is 1.03 bits per heavy atom. The van der Waals surface area contributed by atoms with E-state index in [1.807, 2.05) is 36.0 Å². The molecular weight excluding hydrogens is 434 g/mol. The highest BCUT2D eigenvalue weighted by Crippen LogP contribution is 2.25. The quantitative estimate of drug-likeness (QED) is 0.268. The molecule has 1 heterocycles. The zero-order valence-electron chi connectivity index (χ0n) is 16.8. The number of aromatic nitrogens is 1. The molecule has 0 aliphatic heterocycles. The van der Waals surface area contributed by atoms with Gasteiger partial charge in [0.25, 0.3) is 11.6 Å². The third-order valence-electron chi connectivity index (χ3n) is 4.82. The third-order valence-corrected chi connectivity index (χ3v) is 6.06. The van der Waals surface area contributed by atoms with E-state index in [1.54, 1.807) is 6.07 Å². The number of carbonyl (C=O) groups excluding carboxylic acids is 1. The first-order valence-corrected chi connectivity index (χ1v) is 10.8. The lowest BCUT2D eigenvalue weighted by molar-refractivity contribution is -0.385. The second kappa shape index (κ2) is 8.16. The lowest BCUT2D eigenvalue weighted by atomic mass is 10.1. The smallest absolute Gasteiger partial charge is 0.339 e. The number of nitrogens with one attached hydrogen (secondary N) is 1. The number of benzene rings is 3. The minimum atomic E-state index is -4.28. The summed E-state index contributed by atoms with van der Waals surface area (Å²) >= 11 is 0. The van der Waals surface area contributed by atoms with Crippen LogP contribution in [0.5, 0.6) is 5.75 Å². The van der Waals surface area contributed by atoms with E-state index in [0.717, 1.165) is 17.0 Å². The van der Waals surface area contributed by atoms with E-state index in [9.17, 15) is 23.3 Å². The summed E-state index contributed by atoms with van der Waals surface area (Å²) in [5.41, 5.74) is 1.56. The van der Waals surface area contributed by atoms with Crippen molar-refractivity contribution in [3.63, 3.8) is 0 Å². The molecule has 0 aliphatic carbocycles. The van der Waals surface area contributed by atoms with Crippen molar-refractivity contribution in [2.75, 3.05) is 5.32 Å². The molecule has 0 unspecified atom stereocenters. The maximum absolute atomic E-state index is 12.6. The molecule has 4 rings (SSSR count). The van der Waals surface area contributed by atoms with Crippen LogP contribution in [0, 0.1) is 10.1 Å². The molecule has 10 heteroatoms. The number of fused-ring (bicyclic) bond motifs is 1. The molecule has 0 atom stereocenters. The largest absolute Gasteiger partial charge is 0.379 e. The molecule has 0 spiro atoms. The highest BCUT2D eigenvalue weighted by atomic mass is 32.2. The number of nitro benzene ring substituents is 1. The number of hydrogen-bond acceptors (Lipinski definition) is 6. The number of amides is 1. The first-order valence-electron chi connectivity index (χ1n) is 9.39. The van der Waals surface area contributed by atoms with Crippen molar-refractivity contribution in [3.05, 3.63) is 94.7 Å². The Morgan fingerprint density at radius 2 is 1.75 bits per heavy atom. The normalized spacial score (nSPS) is 11.3. The molecule has 4 aromatic rings. The molecule has 32 heavy (non-hydrogen) atoms. The van der Waals surface area contributed by atoms with E-state index in [2.05, 4.69) is 5.32 Å². The summed E-state index contributed by atoms with van der Waals surface area (Å²) in [5, 5.41) is 14.6. The molecule has 9 nitrogen and oxygen atoms in total. The van der Waals surface area contributed by atoms with Gasteiger partial charge >= 0.3 is 10.1 Å². The Labute approximate surface area is 183 Å². The Balaban J connectivity index is 1.51. The van der Waals surface area contributed by atoms with Crippen LogP contribution in [0.1, 0.15) is 10.4 Å². The van der Waals surface area contributed by atoms with Gasteiger partial charge in [-0.25, -0.2) is 0 Å². The van der Waals surface area contributed by atoms with Crippen LogP contribution >= 0.6 is 0 Å². The average Bonchev–Trinajstić information content (AvgIpc) is 3.16. The van der Waals surface area contributed by atoms with Crippen molar-refractivity contribution >= 4 is 38.3 Å². The average molecular weight is 451 g/mol. The van der Waals surface area contributed by atoms with Crippen molar-refractivity contribution in [3.8, 4) is 5.75 Å². The zero-order chi connectivity index (χ0) is 22.9. The highest BCUT2D eigenvalue weighted by molar-refractivity contribution is 7.87. The molecule has 3 aromatic carbocycles. The Bertz CT molecular complexity index is 1440. The number of non-ortho nitro benzene ring substituents is 1. The van der Waals surface area contributed by atoms with Crippen LogP contribution in [0.15, 0.2) is 83.9 Å². The minimum absolute atomic E-state index is 0.0294. The fraction of sp³-hybridized carbons (Fsp3) is 0.0455. The van der Waals surface area contributed by atoms with Crippen molar-refractivity contribution in [1.82, 2.24) is 4.57 Å². The van der Waals surface area contributed by atoms with Crippen LogP contribution in [-0.2, 0) is 17.2 Å². The van der Waals surface area contributed by atoms with E-state index < -0.39 is 15.0 Å². The lowest BCUT2D eigenvalue weighted by Gasteiger charge is -2.09. The van der Waals surface area contributed by atoms with Gasteiger partial charge in [-0.15, -0.1) is 0 Å². The number of rotatable bonds is 6. The number of anilines is 1. The van der Waals surface area contributed by atoms with Crippen LogP contribution < -0.4 is 9.50 Å². The molecule has 0 radical (unpaired) electrons. The summed E-state index contributed by atoms with van der Waals surface area (Å²) in [7, 11) is -2.37. The van der Waals surface area contributed by atoms with Gasteiger partial charge in [-0.05, 0) is 48.5 Å². The zero-order valence-corrected chi connectivity index (χ0v) is 17.6. The Hall–Kier alpha value is -4.18. The SMILES string of the molecule is Cn1ccc2c(NC(=O)c3ccc(OS(=O)(=O)c4cccc([N+](=O)[O-])c4)cc3)cccc21. The van der Waals surface area contributed by atoms with Crippen LogP contribution in [-0.4, -0.2) is 23.8 Å². The van der Waals surface area contributed by atoms with Crippen molar-refractivity contribution in [2.45, 2.75) is 4.90 Å². The van der Waals surface area contributed by atoms with Gasteiger partial charge in [-0.3, -0.25) is 14.9 Å².